The van der Waals surface area contributed by atoms with Gasteiger partial charge in [0.05, 0.1) is 18.4 Å². The average molecular weight is 273 g/mol. The number of aryl methyl sites for hydroxylation is 1. The lowest BCUT2D eigenvalue weighted by molar-refractivity contribution is 0.0599. The molecule has 5 nitrogen and oxygen atoms in total. The predicted octanol–water partition coefficient (Wildman–Crippen LogP) is 1.77. The van der Waals surface area contributed by atoms with Crippen molar-refractivity contribution in [1.82, 2.24) is 4.73 Å². The van der Waals surface area contributed by atoms with Crippen molar-refractivity contribution < 1.29 is 14.7 Å². The molecular weight excluding hydrogens is 258 g/mol. The smallest absolute Gasteiger partial charge is 0.338 e. The minimum absolute atomic E-state index is 0.263. The molecule has 1 heterocycles. The fourth-order valence-electron chi connectivity index (χ4n) is 2.07. The first-order chi connectivity index (χ1) is 9.52. The van der Waals surface area contributed by atoms with Gasteiger partial charge in [-0.25, -0.2) is 4.79 Å². The Morgan fingerprint density at radius 1 is 1.30 bits per heavy atom. The lowest BCUT2D eigenvalue weighted by Gasteiger charge is -2.10. The number of nitrogens with zero attached hydrogens (tertiary/aromatic N) is 1. The third kappa shape index (κ3) is 2.71. The van der Waals surface area contributed by atoms with Gasteiger partial charge in [0.2, 0.25) is 0 Å². The summed E-state index contributed by atoms with van der Waals surface area (Å²) in [6.45, 7) is 1.77. The summed E-state index contributed by atoms with van der Waals surface area (Å²) in [5.41, 5.74) is 1.80. The van der Waals surface area contributed by atoms with Crippen molar-refractivity contribution in [2.75, 3.05) is 7.11 Å². The van der Waals surface area contributed by atoms with Crippen LogP contribution in [0.2, 0.25) is 0 Å². The Balaban J connectivity index is 2.46. The molecule has 0 fully saturated rings. The normalized spacial score (nSPS) is 10.3. The summed E-state index contributed by atoms with van der Waals surface area (Å²) < 4.78 is 5.32. The Hall–Kier alpha value is -2.56. The summed E-state index contributed by atoms with van der Waals surface area (Å²) in [7, 11) is 1.31. The molecule has 2 rings (SSSR count). The molecule has 0 aliphatic rings. The van der Waals surface area contributed by atoms with Gasteiger partial charge >= 0.3 is 5.97 Å². The summed E-state index contributed by atoms with van der Waals surface area (Å²) in [4.78, 5) is 23.2. The molecule has 0 atom stereocenters. The second-order valence-corrected chi connectivity index (χ2v) is 4.50. The van der Waals surface area contributed by atoms with Gasteiger partial charge < -0.3 is 9.94 Å². The van der Waals surface area contributed by atoms with Gasteiger partial charge in [-0.3, -0.25) is 4.79 Å². The van der Waals surface area contributed by atoms with Gasteiger partial charge in [-0.1, -0.05) is 18.2 Å². The number of carbonyl (C=O) groups excluding carboxylic acids is 1. The van der Waals surface area contributed by atoms with E-state index in [0.717, 1.165) is 5.56 Å². The zero-order valence-corrected chi connectivity index (χ0v) is 11.3. The monoisotopic (exact) mass is 273 g/mol. The molecule has 0 amide bonds. The molecule has 0 radical (unpaired) electrons. The van der Waals surface area contributed by atoms with E-state index in [-0.39, 0.29) is 6.42 Å². The molecule has 0 aliphatic heterocycles. The minimum Gasteiger partial charge on any atom is -0.465 e. The van der Waals surface area contributed by atoms with E-state index in [1.165, 1.54) is 13.2 Å². The van der Waals surface area contributed by atoms with Gasteiger partial charge in [-0.05, 0) is 30.2 Å². The number of aromatic nitrogens is 1. The highest BCUT2D eigenvalue weighted by Crippen LogP contribution is 2.15. The van der Waals surface area contributed by atoms with Crippen molar-refractivity contribution in [1.29, 1.82) is 0 Å². The summed E-state index contributed by atoms with van der Waals surface area (Å²) in [6, 6.07) is 9.98. The van der Waals surface area contributed by atoms with E-state index in [1.807, 2.05) is 0 Å². The van der Waals surface area contributed by atoms with Crippen molar-refractivity contribution in [2.24, 2.45) is 0 Å². The maximum absolute atomic E-state index is 11.7. The highest BCUT2D eigenvalue weighted by Gasteiger charge is 2.13. The molecule has 0 aliphatic carbocycles. The highest BCUT2D eigenvalue weighted by atomic mass is 16.5. The standard InChI is InChI=1S/C15H15NO4/c1-10-7-12(16(19)14(17)8-10)9-11-5-3-4-6-13(11)15(18)20-2/h3-8,19H,9H2,1-2H3. The van der Waals surface area contributed by atoms with Crippen LogP contribution in [0.3, 0.4) is 0 Å². The van der Waals surface area contributed by atoms with Crippen LogP contribution in [0.1, 0.15) is 27.2 Å². The predicted molar refractivity (Wildman–Crippen MR) is 73.2 cm³/mol. The SMILES string of the molecule is COC(=O)c1ccccc1Cc1cc(C)cc(=O)n1O. The van der Waals surface area contributed by atoms with Crippen LogP contribution in [-0.4, -0.2) is 23.0 Å². The van der Waals surface area contributed by atoms with Crippen molar-refractivity contribution in [3.8, 4) is 0 Å². The van der Waals surface area contributed by atoms with Crippen LogP contribution in [0.4, 0.5) is 0 Å². The van der Waals surface area contributed by atoms with E-state index in [2.05, 4.69) is 0 Å². The third-order valence-corrected chi connectivity index (χ3v) is 3.02. The molecule has 1 aromatic carbocycles. The number of pyridine rings is 1. The van der Waals surface area contributed by atoms with Crippen LogP contribution >= 0.6 is 0 Å². The molecule has 0 bridgehead atoms. The Bertz CT molecular complexity index is 703. The number of carbonyl (C=O) groups is 1. The average Bonchev–Trinajstić information content (AvgIpc) is 2.44. The lowest BCUT2D eigenvalue weighted by atomic mass is 10.0. The number of hydrogen-bond acceptors (Lipinski definition) is 4. The van der Waals surface area contributed by atoms with E-state index in [1.54, 1.807) is 37.3 Å². The van der Waals surface area contributed by atoms with Crippen LogP contribution in [-0.2, 0) is 11.2 Å². The first-order valence-corrected chi connectivity index (χ1v) is 6.11. The lowest BCUT2D eigenvalue weighted by Crippen LogP contribution is -2.21. The first kappa shape index (κ1) is 13.9. The van der Waals surface area contributed by atoms with E-state index < -0.39 is 11.5 Å². The summed E-state index contributed by atoms with van der Waals surface area (Å²) in [5.74, 6) is -0.444. The van der Waals surface area contributed by atoms with E-state index >= 15 is 0 Å². The molecule has 104 valence electrons. The number of hydrogen-bond donors (Lipinski definition) is 1. The molecule has 20 heavy (non-hydrogen) atoms. The first-order valence-electron chi connectivity index (χ1n) is 6.11. The summed E-state index contributed by atoms with van der Waals surface area (Å²) in [6.07, 6.45) is 0.263. The van der Waals surface area contributed by atoms with Crippen LogP contribution in [0, 0.1) is 6.92 Å². The Morgan fingerprint density at radius 3 is 2.70 bits per heavy atom. The maximum Gasteiger partial charge on any atom is 0.338 e. The molecule has 0 saturated carbocycles. The summed E-state index contributed by atoms with van der Waals surface area (Å²) >= 11 is 0. The molecule has 0 saturated heterocycles. The Morgan fingerprint density at radius 2 is 2.00 bits per heavy atom. The molecule has 1 aromatic heterocycles. The number of esters is 1. The number of rotatable bonds is 3. The minimum atomic E-state index is -0.490. The highest BCUT2D eigenvalue weighted by molar-refractivity contribution is 5.91. The second-order valence-electron chi connectivity index (χ2n) is 4.50. The van der Waals surface area contributed by atoms with Crippen molar-refractivity contribution >= 4 is 5.97 Å². The molecule has 5 heteroatoms. The zero-order chi connectivity index (χ0) is 14.7. The molecule has 0 unspecified atom stereocenters. The van der Waals surface area contributed by atoms with Gasteiger partial charge in [0.15, 0.2) is 0 Å². The molecule has 1 N–H and O–H groups in total. The second kappa shape index (κ2) is 5.61. The molecule has 2 aromatic rings. The van der Waals surface area contributed by atoms with Gasteiger partial charge in [0, 0.05) is 12.5 Å². The van der Waals surface area contributed by atoms with E-state index in [9.17, 15) is 14.8 Å². The van der Waals surface area contributed by atoms with Crippen molar-refractivity contribution in [3.05, 3.63) is 69.1 Å². The van der Waals surface area contributed by atoms with Gasteiger partial charge in [0.25, 0.3) is 5.56 Å². The van der Waals surface area contributed by atoms with Gasteiger partial charge in [0.1, 0.15) is 0 Å². The topological polar surface area (TPSA) is 68.5 Å². The van der Waals surface area contributed by atoms with Gasteiger partial charge in [-0.15, -0.1) is 0 Å². The third-order valence-electron chi connectivity index (χ3n) is 3.02. The molecule has 0 spiro atoms. The Kier molecular flexibility index (Phi) is 3.89. The zero-order valence-electron chi connectivity index (χ0n) is 11.3. The van der Waals surface area contributed by atoms with Crippen molar-refractivity contribution in [3.63, 3.8) is 0 Å². The van der Waals surface area contributed by atoms with Crippen LogP contribution < -0.4 is 5.56 Å². The number of methoxy groups -OCH3 is 1. The van der Waals surface area contributed by atoms with Crippen LogP contribution in [0.5, 0.6) is 0 Å². The van der Waals surface area contributed by atoms with Crippen molar-refractivity contribution in [2.45, 2.75) is 13.3 Å². The maximum atomic E-state index is 11.7. The largest absolute Gasteiger partial charge is 0.465 e. The number of ether oxygens (including phenoxy) is 1. The fraction of sp³-hybridized carbons (Fsp3) is 0.200. The molecular formula is C15H15NO4. The number of benzene rings is 1. The fourth-order valence-corrected chi connectivity index (χ4v) is 2.07. The van der Waals surface area contributed by atoms with Gasteiger partial charge in [-0.2, -0.15) is 4.73 Å². The summed E-state index contributed by atoms with van der Waals surface area (Å²) in [5, 5.41) is 9.76. The van der Waals surface area contributed by atoms with E-state index in [0.29, 0.717) is 21.6 Å². The van der Waals surface area contributed by atoms with Crippen LogP contribution in [0.25, 0.3) is 0 Å². The Labute approximate surface area is 116 Å². The quantitative estimate of drug-likeness (QED) is 0.683. The van der Waals surface area contributed by atoms with Crippen LogP contribution in [0.15, 0.2) is 41.2 Å². The van der Waals surface area contributed by atoms with E-state index in [4.69, 9.17) is 4.74 Å².